The van der Waals surface area contributed by atoms with Crippen LogP contribution in [0.15, 0.2) is 99.7 Å². The monoisotopic (exact) mass is 451 g/mol. The van der Waals surface area contributed by atoms with E-state index in [1.54, 1.807) is 0 Å². The molecule has 0 fully saturated rings. The molecule has 0 aliphatic carbocycles. The van der Waals surface area contributed by atoms with Crippen molar-refractivity contribution in [2.24, 2.45) is 4.99 Å². The molecule has 0 heterocycles. The van der Waals surface area contributed by atoms with Gasteiger partial charge in [-0.05, 0) is 49.7 Å². The van der Waals surface area contributed by atoms with Crippen LogP contribution in [0.4, 0.5) is 5.69 Å². The summed E-state index contributed by atoms with van der Waals surface area (Å²) >= 11 is 5.77. The van der Waals surface area contributed by atoms with E-state index in [0.717, 1.165) is 18.5 Å². The minimum atomic E-state index is 0.357. The molecule has 3 aromatic carbocycles. The lowest BCUT2D eigenvalue weighted by Gasteiger charge is -2.19. The van der Waals surface area contributed by atoms with E-state index in [2.05, 4.69) is 106 Å². The van der Waals surface area contributed by atoms with Gasteiger partial charge in [-0.25, -0.2) is 4.99 Å². The number of aryl methyl sites for hydroxylation is 1. The Morgan fingerprint density at radius 3 is 1.83 bits per heavy atom. The van der Waals surface area contributed by atoms with Crippen LogP contribution in [0.2, 0.25) is 0 Å². The molecule has 30 heavy (non-hydrogen) atoms. The maximum atomic E-state index is 5.06. The van der Waals surface area contributed by atoms with Crippen LogP contribution in [0.5, 0.6) is 0 Å². The van der Waals surface area contributed by atoms with Crippen molar-refractivity contribution < 1.29 is 0 Å². The van der Waals surface area contributed by atoms with E-state index in [9.17, 15) is 0 Å². The highest BCUT2D eigenvalue weighted by molar-refractivity contribution is 8.18. The van der Waals surface area contributed by atoms with Crippen molar-refractivity contribution in [1.29, 1.82) is 0 Å². The predicted molar refractivity (Wildman–Crippen MR) is 139 cm³/mol. The Balaban J connectivity index is 1.84. The van der Waals surface area contributed by atoms with Gasteiger partial charge in [-0.1, -0.05) is 67.9 Å². The molecular weight excluding hydrogens is 422 g/mol. The second-order valence-corrected chi connectivity index (χ2v) is 11.5. The van der Waals surface area contributed by atoms with Gasteiger partial charge >= 0.3 is 0 Å². The first-order chi connectivity index (χ1) is 14.6. The number of hydrogen-bond donors (Lipinski definition) is 0. The summed E-state index contributed by atoms with van der Waals surface area (Å²) in [5.74, 6) is 0. The summed E-state index contributed by atoms with van der Waals surface area (Å²) < 4.78 is 0.357. The molecule has 0 saturated heterocycles. The fourth-order valence-corrected chi connectivity index (χ4v) is 6.59. The second kappa shape index (κ2) is 12.3. The minimum absolute atomic E-state index is 0.357. The lowest BCUT2D eigenvalue weighted by Crippen LogP contribution is -2.08. The van der Waals surface area contributed by atoms with E-state index in [0.29, 0.717) is 9.83 Å². The molecule has 0 saturated carbocycles. The van der Waals surface area contributed by atoms with Gasteiger partial charge in [0.05, 0.1) is 15.3 Å². The molecule has 0 spiro atoms. The van der Waals surface area contributed by atoms with Crippen molar-refractivity contribution in [3.8, 4) is 0 Å². The number of nitrogens with zero attached hydrogens (tertiary/aromatic N) is 1. The van der Waals surface area contributed by atoms with Gasteiger partial charge in [-0.3, -0.25) is 0 Å². The molecule has 0 radical (unpaired) electrons. The third-order valence-corrected chi connectivity index (χ3v) is 8.35. The highest BCUT2D eigenvalue weighted by atomic mass is 32.2. The lowest BCUT2D eigenvalue weighted by atomic mass is 10.2. The van der Waals surface area contributed by atoms with Crippen molar-refractivity contribution >= 4 is 46.0 Å². The first-order valence-electron chi connectivity index (χ1n) is 10.4. The van der Waals surface area contributed by atoms with Gasteiger partial charge in [0, 0.05) is 21.5 Å². The summed E-state index contributed by atoms with van der Waals surface area (Å²) in [7, 11) is 0. The molecule has 0 aromatic heterocycles. The Labute approximate surface area is 194 Å². The van der Waals surface area contributed by atoms with Gasteiger partial charge in [-0.2, -0.15) is 0 Å². The van der Waals surface area contributed by atoms with Gasteiger partial charge in [0.2, 0.25) is 0 Å². The van der Waals surface area contributed by atoms with Crippen molar-refractivity contribution in [2.45, 2.75) is 53.2 Å². The fourth-order valence-electron chi connectivity index (χ4n) is 2.75. The molecule has 3 aromatic rings. The summed E-state index contributed by atoms with van der Waals surface area (Å²) in [6.07, 6.45) is 2.07. The fraction of sp³-hybridized carbons (Fsp3) is 0.269. The molecule has 1 nitrogen and oxygen atoms in total. The van der Waals surface area contributed by atoms with E-state index in [1.807, 2.05) is 35.3 Å². The number of hydrogen-bond acceptors (Lipinski definition) is 4. The third-order valence-electron chi connectivity index (χ3n) is 4.56. The van der Waals surface area contributed by atoms with Crippen LogP contribution in [0.3, 0.4) is 0 Å². The lowest BCUT2D eigenvalue weighted by molar-refractivity contribution is 0.910. The first kappa shape index (κ1) is 23.1. The van der Waals surface area contributed by atoms with Crippen LogP contribution in [0.1, 0.15) is 32.3 Å². The normalized spacial score (nSPS) is 12.9. The van der Waals surface area contributed by atoms with E-state index in [4.69, 9.17) is 4.99 Å². The molecular formula is C26H29NS3. The summed E-state index contributed by atoms with van der Waals surface area (Å²) in [5.41, 5.74) is 2.31. The largest absolute Gasteiger partial charge is 0.247 e. The van der Waals surface area contributed by atoms with Crippen molar-refractivity contribution in [3.05, 3.63) is 90.5 Å². The smallest absolute Gasteiger partial charge is 0.0761 e. The summed E-state index contributed by atoms with van der Waals surface area (Å²) in [4.78, 5) is 7.66. The van der Waals surface area contributed by atoms with Crippen LogP contribution in [-0.2, 0) is 0 Å². The van der Waals surface area contributed by atoms with Crippen molar-refractivity contribution in [1.82, 2.24) is 0 Å². The second-order valence-electron chi connectivity index (χ2n) is 7.17. The minimum Gasteiger partial charge on any atom is -0.247 e. The molecule has 0 bridgehead atoms. The van der Waals surface area contributed by atoms with E-state index < -0.39 is 0 Å². The standard InChI is InChI=1S/C26H29NS3/c1-4-21(3)28-25(27-22-17-15-20(2)16-18-22)19-26(29-23-11-7-5-8-12-23)30-24-13-9-6-10-14-24/h5-18,21,26H,4,19H2,1-3H3. The van der Waals surface area contributed by atoms with Crippen molar-refractivity contribution in [2.75, 3.05) is 0 Å². The maximum absolute atomic E-state index is 5.06. The quantitative estimate of drug-likeness (QED) is 0.139. The summed E-state index contributed by atoms with van der Waals surface area (Å²) in [6, 6.07) is 29.9. The Kier molecular flexibility index (Phi) is 9.44. The molecule has 4 heteroatoms. The van der Waals surface area contributed by atoms with Crippen LogP contribution in [0, 0.1) is 6.92 Å². The molecule has 0 amide bonds. The summed E-state index contributed by atoms with van der Waals surface area (Å²) in [5, 5.41) is 1.77. The maximum Gasteiger partial charge on any atom is 0.0761 e. The average Bonchev–Trinajstić information content (AvgIpc) is 2.76. The van der Waals surface area contributed by atoms with Crippen molar-refractivity contribution in [3.63, 3.8) is 0 Å². The SMILES string of the molecule is CCC(C)SC(CC(Sc1ccccc1)Sc1ccccc1)=Nc1ccc(C)cc1. The Morgan fingerprint density at radius 2 is 1.33 bits per heavy atom. The summed E-state index contributed by atoms with van der Waals surface area (Å²) in [6.45, 7) is 6.65. The first-order valence-corrected chi connectivity index (χ1v) is 13.0. The molecule has 0 N–H and O–H groups in total. The van der Waals surface area contributed by atoms with Gasteiger partial charge in [0.1, 0.15) is 0 Å². The van der Waals surface area contributed by atoms with Gasteiger partial charge in [0.25, 0.3) is 0 Å². The van der Waals surface area contributed by atoms with Gasteiger partial charge in [0.15, 0.2) is 0 Å². The number of benzene rings is 3. The Hall–Kier alpha value is -1.62. The number of rotatable bonds is 9. The molecule has 1 unspecified atom stereocenters. The number of aliphatic imine (C=N–C) groups is 1. The molecule has 0 aliphatic rings. The highest BCUT2D eigenvalue weighted by Gasteiger charge is 2.18. The zero-order valence-electron chi connectivity index (χ0n) is 17.8. The van der Waals surface area contributed by atoms with E-state index in [1.165, 1.54) is 20.4 Å². The zero-order chi connectivity index (χ0) is 21.2. The molecule has 0 aliphatic heterocycles. The van der Waals surface area contributed by atoms with E-state index in [-0.39, 0.29) is 0 Å². The van der Waals surface area contributed by atoms with E-state index >= 15 is 0 Å². The van der Waals surface area contributed by atoms with Gasteiger partial charge < -0.3 is 0 Å². The molecule has 3 rings (SSSR count). The third kappa shape index (κ3) is 7.90. The van der Waals surface area contributed by atoms with Crippen LogP contribution < -0.4 is 0 Å². The topological polar surface area (TPSA) is 12.4 Å². The number of thioether (sulfide) groups is 3. The highest BCUT2D eigenvalue weighted by Crippen LogP contribution is 2.39. The Morgan fingerprint density at radius 1 is 0.800 bits per heavy atom. The molecule has 156 valence electrons. The van der Waals surface area contributed by atoms with Gasteiger partial charge in [-0.15, -0.1) is 35.3 Å². The Bertz CT molecular complexity index is 867. The van der Waals surface area contributed by atoms with Crippen LogP contribution in [0.25, 0.3) is 0 Å². The predicted octanol–water partition coefficient (Wildman–Crippen LogP) is 8.86. The van der Waals surface area contributed by atoms with Crippen LogP contribution in [-0.4, -0.2) is 14.9 Å². The zero-order valence-corrected chi connectivity index (χ0v) is 20.3. The average molecular weight is 452 g/mol. The van der Waals surface area contributed by atoms with Crippen LogP contribution >= 0.6 is 35.3 Å². The molecule has 1 atom stereocenters.